The minimum Gasteiger partial charge on any atom is -0.495 e. The van der Waals surface area contributed by atoms with Crippen molar-refractivity contribution in [2.24, 2.45) is 0 Å². The predicted molar refractivity (Wildman–Crippen MR) is 62.3 cm³/mol. The number of ether oxygens (including phenoxy) is 1. The van der Waals surface area contributed by atoms with E-state index >= 15 is 0 Å². The van der Waals surface area contributed by atoms with Gasteiger partial charge >= 0.3 is 11.8 Å². The molecule has 18 heavy (non-hydrogen) atoms. The molecule has 2 N–H and O–H groups in total. The number of nitrogens with one attached hydrogen (secondary N) is 2. The van der Waals surface area contributed by atoms with Crippen LogP contribution in [0.25, 0.3) is 0 Å². The molecule has 0 radical (unpaired) electrons. The van der Waals surface area contributed by atoms with Gasteiger partial charge in [-0.15, -0.1) is 0 Å². The van der Waals surface area contributed by atoms with Crippen LogP contribution in [0.1, 0.15) is 0 Å². The molecule has 0 aliphatic rings. The van der Waals surface area contributed by atoms with E-state index in [1.54, 1.807) is 0 Å². The Kier molecular flexibility index (Phi) is 4.19. The summed E-state index contributed by atoms with van der Waals surface area (Å²) in [7, 11) is 2.64. The zero-order valence-corrected chi connectivity index (χ0v) is 9.72. The molecule has 0 fully saturated rings. The van der Waals surface area contributed by atoms with E-state index in [4.69, 9.17) is 4.74 Å². The van der Waals surface area contributed by atoms with E-state index in [0.717, 1.165) is 6.07 Å². The topological polar surface area (TPSA) is 111 Å². The number of nitro benzene ring substituents is 1. The molecule has 0 atom stereocenters. The largest absolute Gasteiger partial charge is 0.495 e. The van der Waals surface area contributed by atoms with Gasteiger partial charge < -0.3 is 15.4 Å². The number of hydrogen-bond donors (Lipinski definition) is 2. The zero-order valence-electron chi connectivity index (χ0n) is 9.72. The third-order valence-corrected chi connectivity index (χ3v) is 2.08. The van der Waals surface area contributed by atoms with Crippen LogP contribution in [0.15, 0.2) is 18.2 Å². The third-order valence-electron chi connectivity index (χ3n) is 2.08. The van der Waals surface area contributed by atoms with Gasteiger partial charge in [-0.05, 0) is 6.07 Å². The molecule has 0 unspecified atom stereocenters. The van der Waals surface area contributed by atoms with Crippen LogP contribution in [0.5, 0.6) is 5.75 Å². The second-order valence-electron chi connectivity index (χ2n) is 3.17. The summed E-state index contributed by atoms with van der Waals surface area (Å²) < 4.78 is 4.93. The van der Waals surface area contributed by atoms with E-state index in [0.29, 0.717) is 0 Å². The molecule has 1 aromatic rings. The summed E-state index contributed by atoms with van der Waals surface area (Å²) in [6.07, 6.45) is 0. The number of likely N-dealkylation sites (N-methyl/N-ethyl adjacent to an activating group) is 1. The Morgan fingerprint density at radius 2 is 2.00 bits per heavy atom. The first-order chi connectivity index (χ1) is 8.49. The summed E-state index contributed by atoms with van der Waals surface area (Å²) in [6.45, 7) is 0. The van der Waals surface area contributed by atoms with E-state index in [1.165, 1.54) is 26.3 Å². The van der Waals surface area contributed by atoms with Crippen molar-refractivity contribution in [3.8, 4) is 5.75 Å². The van der Waals surface area contributed by atoms with Crippen molar-refractivity contribution in [2.45, 2.75) is 0 Å². The monoisotopic (exact) mass is 253 g/mol. The molecule has 1 rings (SSSR count). The lowest BCUT2D eigenvalue weighted by atomic mass is 10.2. The summed E-state index contributed by atoms with van der Waals surface area (Å²) in [6, 6.07) is 3.67. The summed E-state index contributed by atoms with van der Waals surface area (Å²) in [5.74, 6) is -1.57. The molecule has 0 aromatic heterocycles. The number of nitro groups is 1. The van der Waals surface area contributed by atoms with Crippen LogP contribution >= 0.6 is 0 Å². The molecule has 0 aliphatic carbocycles. The molecular weight excluding hydrogens is 242 g/mol. The van der Waals surface area contributed by atoms with E-state index in [-0.39, 0.29) is 17.1 Å². The summed E-state index contributed by atoms with van der Waals surface area (Å²) in [5, 5.41) is 15.0. The minimum atomic E-state index is -0.934. The average Bonchev–Trinajstić information content (AvgIpc) is 2.37. The van der Waals surface area contributed by atoms with Crippen molar-refractivity contribution >= 4 is 23.2 Å². The fourth-order valence-electron chi connectivity index (χ4n) is 1.20. The Bertz CT molecular complexity index is 500. The Balaban J connectivity index is 3.05. The van der Waals surface area contributed by atoms with Gasteiger partial charge in [-0.1, -0.05) is 0 Å². The third kappa shape index (κ3) is 2.94. The van der Waals surface area contributed by atoms with Crippen molar-refractivity contribution in [2.75, 3.05) is 19.5 Å². The van der Waals surface area contributed by atoms with Crippen LogP contribution in [0.4, 0.5) is 11.4 Å². The van der Waals surface area contributed by atoms with E-state index in [2.05, 4.69) is 10.6 Å². The maximum absolute atomic E-state index is 11.3. The normalized spacial score (nSPS) is 9.44. The number of anilines is 1. The van der Waals surface area contributed by atoms with Crippen LogP contribution in [-0.2, 0) is 9.59 Å². The van der Waals surface area contributed by atoms with Crippen molar-refractivity contribution in [1.29, 1.82) is 0 Å². The van der Waals surface area contributed by atoms with Gasteiger partial charge in [0.05, 0.1) is 17.7 Å². The smallest absolute Gasteiger partial charge is 0.313 e. The highest BCUT2D eigenvalue weighted by molar-refractivity contribution is 6.39. The lowest BCUT2D eigenvalue weighted by Gasteiger charge is -2.09. The average molecular weight is 253 g/mol. The number of hydrogen-bond acceptors (Lipinski definition) is 5. The molecule has 8 nitrogen and oxygen atoms in total. The molecule has 0 heterocycles. The Hall–Kier alpha value is -2.64. The highest BCUT2D eigenvalue weighted by atomic mass is 16.6. The first kappa shape index (κ1) is 13.4. The lowest BCUT2D eigenvalue weighted by molar-refractivity contribution is -0.384. The molecule has 96 valence electrons. The highest BCUT2D eigenvalue weighted by Crippen LogP contribution is 2.28. The second-order valence-corrected chi connectivity index (χ2v) is 3.17. The zero-order chi connectivity index (χ0) is 13.7. The fourth-order valence-corrected chi connectivity index (χ4v) is 1.20. The molecule has 8 heteroatoms. The predicted octanol–water partition coefficient (Wildman–Crippen LogP) is 0.288. The van der Waals surface area contributed by atoms with E-state index < -0.39 is 16.7 Å². The number of carbonyl (C=O) groups excluding carboxylic acids is 2. The summed E-state index contributed by atoms with van der Waals surface area (Å²) in [5.41, 5.74) is -0.164. The van der Waals surface area contributed by atoms with E-state index in [9.17, 15) is 19.7 Å². The van der Waals surface area contributed by atoms with Crippen LogP contribution in [0.2, 0.25) is 0 Å². The number of rotatable bonds is 3. The van der Waals surface area contributed by atoms with E-state index in [1.807, 2.05) is 0 Å². The highest BCUT2D eigenvalue weighted by Gasteiger charge is 2.17. The number of methoxy groups -OCH3 is 1. The van der Waals surface area contributed by atoms with Gasteiger partial charge in [-0.2, -0.15) is 0 Å². The van der Waals surface area contributed by atoms with Gasteiger partial charge in [0.1, 0.15) is 5.75 Å². The molecule has 1 aromatic carbocycles. The van der Waals surface area contributed by atoms with Crippen molar-refractivity contribution < 1.29 is 19.2 Å². The van der Waals surface area contributed by atoms with Gasteiger partial charge in [-0.25, -0.2) is 0 Å². The molecule has 0 bridgehead atoms. The van der Waals surface area contributed by atoms with Gasteiger partial charge in [0, 0.05) is 19.2 Å². The van der Waals surface area contributed by atoms with Gasteiger partial charge in [-0.3, -0.25) is 19.7 Å². The Morgan fingerprint density at radius 3 is 2.50 bits per heavy atom. The number of nitrogens with zero attached hydrogens (tertiary/aromatic N) is 1. The van der Waals surface area contributed by atoms with Crippen LogP contribution in [0, 0.1) is 10.1 Å². The second kappa shape index (κ2) is 5.62. The Labute approximate surface area is 102 Å². The number of non-ortho nitro benzene ring substituents is 1. The fraction of sp³-hybridized carbons (Fsp3) is 0.200. The Morgan fingerprint density at radius 1 is 1.33 bits per heavy atom. The maximum atomic E-state index is 11.3. The molecule has 0 saturated carbocycles. The molecule has 0 spiro atoms. The van der Waals surface area contributed by atoms with Gasteiger partial charge in [0.25, 0.3) is 5.69 Å². The molecular formula is C10H11N3O5. The summed E-state index contributed by atoms with van der Waals surface area (Å²) in [4.78, 5) is 32.4. The number of carbonyl (C=O) groups is 2. The van der Waals surface area contributed by atoms with Crippen LogP contribution in [-0.4, -0.2) is 30.9 Å². The lowest BCUT2D eigenvalue weighted by Crippen LogP contribution is -2.32. The number of amides is 2. The molecule has 0 saturated heterocycles. The van der Waals surface area contributed by atoms with Gasteiger partial charge in [0.2, 0.25) is 0 Å². The molecule has 2 amide bonds. The van der Waals surface area contributed by atoms with Crippen LogP contribution in [0.3, 0.4) is 0 Å². The van der Waals surface area contributed by atoms with Gasteiger partial charge in [0.15, 0.2) is 0 Å². The molecule has 0 aliphatic heterocycles. The first-order valence-corrected chi connectivity index (χ1v) is 4.85. The first-order valence-electron chi connectivity index (χ1n) is 4.85. The minimum absolute atomic E-state index is 0.0558. The van der Waals surface area contributed by atoms with Crippen LogP contribution < -0.4 is 15.4 Å². The SMILES string of the molecule is CNC(=O)C(=O)Nc1cc([N+](=O)[O-])ccc1OC. The van der Waals surface area contributed by atoms with Crippen molar-refractivity contribution in [1.82, 2.24) is 5.32 Å². The van der Waals surface area contributed by atoms with Crippen molar-refractivity contribution in [3.05, 3.63) is 28.3 Å². The number of benzene rings is 1. The summed E-state index contributed by atoms with van der Waals surface area (Å²) >= 11 is 0. The maximum Gasteiger partial charge on any atom is 0.313 e. The standard InChI is InChI=1S/C10H11N3O5/c1-11-9(14)10(15)12-7-5-6(13(16)17)3-4-8(7)18-2/h3-5H,1-2H3,(H,11,14)(H,12,15). The quantitative estimate of drug-likeness (QED) is 0.457. The van der Waals surface area contributed by atoms with Crippen molar-refractivity contribution in [3.63, 3.8) is 0 Å².